The van der Waals surface area contributed by atoms with Gasteiger partial charge in [0.25, 0.3) is 5.91 Å². The summed E-state index contributed by atoms with van der Waals surface area (Å²) in [7, 11) is 0. The number of amides is 1. The molecule has 1 aromatic rings. The first-order valence-corrected chi connectivity index (χ1v) is 6.66. The van der Waals surface area contributed by atoms with E-state index in [0.717, 1.165) is 32.5 Å². The molecule has 1 saturated heterocycles. The van der Waals surface area contributed by atoms with Crippen molar-refractivity contribution in [3.63, 3.8) is 0 Å². The Kier molecular flexibility index (Phi) is 4.89. The highest BCUT2D eigenvalue weighted by Crippen LogP contribution is 2.15. The molecule has 106 valence electrons. The molecular weight excluding hydrogens is 246 g/mol. The summed E-state index contributed by atoms with van der Waals surface area (Å²) in [6.45, 7) is 5.86. The maximum atomic E-state index is 11.3. The number of nitrogens with zero attached hydrogens (tertiary/aromatic N) is 2. The SMILES string of the molecule is CCN(Cc1cc(C(=O)NN)no1)C1CCNCC1. The Morgan fingerprint density at radius 2 is 2.37 bits per heavy atom. The van der Waals surface area contributed by atoms with Crippen LogP contribution in [0.15, 0.2) is 10.6 Å². The predicted molar refractivity (Wildman–Crippen MR) is 70.1 cm³/mol. The maximum absolute atomic E-state index is 11.3. The first kappa shape index (κ1) is 14.0. The highest BCUT2D eigenvalue weighted by Gasteiger charge is 2.21. The molecule has 4 N–H and O–H groups in total. The Hall–Kier alpha value is -1.44. The van der Waals surface area contributed by atoms with Gasteiger partial charge in [0.1, 0.15) is 0 Å². The number of carbonyl (C=O) groups excluding carboxylic acids is 1. The van der Waals surface area contributed by atoms with E-state index in [1.807, 2.05) is 5.43 Å². The monoisotopic (exact) mass is 267 g/mol. The normalized spacial score (nSPS) is 16.8. The van der Waals surface area contributed by atoms with Gasteiger partial charge in [0, 0.05) is 12.1 Å². The first-order chi connectivity index (χ1) is 9.24. The third kappa shape index (κ3) is 3.52. The van der Waals surface area contributed by atoms with Gasteiger partial charge in [-0.2, -0.15) is 0 Å². The Morgan fingerprint density at radius 1 is 1.63 bits per heavy atom. The van der Waals surface area contributed by atoms with Crippen molar-refractivity contribution in [2.24, 2.45) is 5.84 Å². The topological polar surface area (TPSA) is 96.4 Å². The predicted octanol–water partition coefficient (Wildman–Crippen LogP) is -0.148. The van der Waals surface area contributed by atoms with E-state index in [2.05, 4.69) is 22.3 Å². The van der Waals surface area contributed by atoms with Gasteiger partial charge in [-0.1, -0.05) is 12.1 Å². The number of carbonyl (C=O) groups is 1. The molecule has 2 heterocycles. The number of hydrogen-bond donors (Lipinski definition) is 3. The average Bonchev–Trinajstić information content (AvgIpc) is 2.93. The van der Waals surface area contributed by atoms with Gasteiger partial charge < -0.3 is 9.84 Å². The molecule has 1 amide bonds. The number of hydrogen-bond acceptors (Lipinski definition) is 6. The summed E-state index contributed by atoms with van der Waals surface area (Å²) in [6, 6.07) is 2.20. The molecule has 19 heavy (non-hydrogen) atoms. The van der Waals surface area contributed by atoms with Crippen LogP contribution in [0.2, 0.25) is 0 Å². The molecule has 2 rings (SSSR count). The first-order valence-electron chi connectivity index (χ1n) is 6.66. The van der Waals surface area contributed by atoms with Crippen LogP contribution in [0.5, 0.6) is 0 Å². The van der Waals surface area contributed by atoms with Gasteiger partial charge in [0.15, 0.2) is 11.5 Å². The van der Waals surface area contributed by atoms with E-state index in [1.165, 1.54) is 0 Å². The zero-order valence-corrected chi connectivity index (χ0v) is 11.2. The van der Waals surface area contributed by atoms with Crippen molar-refractivity contribution < 1.29 is 9.32 Å². The summed E-state index contributed by atoms with van der Waals surface area (Å²) >= 11 is 0. The highest BCUT2D eigenvalue weighted by atomic mass is 16.5. The lowest BCUT2D eigenvalue weighted by Gasteiger charge is -2.33. The quantitative estimate of drug-likeness (QED) is 0.390. The minimum atomic E-state index is -0.431. The van der Waals surface area contributed by atoms with Crippen molar-refractivity contribution >= 4 is 5.91 Å². The van der Waals surface area contributed by atoms with Crippen molar-refractivity contribution in [3.05, 3.63) is 17.5 Å². The number of rotatable bonds is 5. The molecule has 7 nitrogen and oxygen atoms in total. The Labute approximate surface area is 112 Å². The van der Waals surface area contributed by atoms with Crippen molar-refractivity contribution in [2.45, 2.75) is 32.4 Å². The summed E-state index contributed by atoms with van der Waals surface area (Å²) in [4.78, 5) is 13.7. The molecule has 0 radical (unpaired) electrons. The number of aromatic nitrogens is 1. The number of hydrazine groups is 1. The van der Waals surface area contributed by atoms with Gasteiger partial charge in [-0.15, -0.1) is 0 Å². The average molecular weight is 267 g/mol. The van der Waals surface area contributed by atoms with Gasteiger partial charge in [-0.05, 0) is 32.5 Å². The molecule has 1 aliphatic heterocycles. The van der Waals surface area contributed by atoms with Crippen LogP contribution in [0.3, 0.4) is 0 Å². The number of piperidine rings is 1. The summed E-state index contributed by atoms with van der Waals surface area (Å²) in [5, 5.41) is 7.07. The lowest BCUT2D eigenvalue weighted by atomic mass is 10.0. The molecule has 0 unspecified atom stereocenters. The van der Waals surface area contributed by atoms with Gasteiger partial charge in [0.05, 0.1) is 6.54 Å². The highest BCUT2D eigenvalue weighted by molar-refractivity contribution is 5.91. The van der Waals surface area contributed by atoms with E-state index >= 15 is 0 Å². The van der Waals surface area contributed by atoms with E-state index in [-0.39, 0.29) is 5.69 Å². The third-order valence-electron chi connectivity index (χ3n) is 3.51. The standard InChI is InChI=1S/C12H21N5O2/c1-2-17(9-3-5-14-6-4-9)8-10-7-11(16-19-10)12(18)15-13/h7,9,14H,2-6,8,13H2,1H3,(H,15,18). The van der Waals surface area contributed by atoms with E-state index < -0.39 is 5.91 Å². The summed E-state index contributed by atoms with van der Waals surface area (Å²) in [5.74, 6) is 5.32. The minimum absolute atomic E-state index is 0.221. The summed E-state index contributed by atoms with van der Waals surface area (Å²) < 4.78 is 5.19. The Bertz CT molecular complexity index is 414. The summed E-state index contributed by atoms with van der Waals surface area (Å²) in [5.41, 5.74) is 2.26. The van der Waals surface area contributed by atoms with Gasteiger partial charge in [-0.25, -0.2) is 5.84 Å². The van der Waals surface area contributed by atoms with E-state index in [4.69, 9.17) is 10.4 Å². The van der Waals surface area contributed by atoms with Gasteiger partial charge in [-0.3, -0.25) is 15.1 Å². The Morgan fingerprint density at radius 3 is 3.00 bits per heavy atom. The van der Waals surface area contributed by atoms with E-state index in [1.54, 1.807) is 6.07 Å². The van der Waals surface area contributed by atoms with Crippen molar-refractivity contribution in [3.8, 4) is 0 Å². The molecule has 1 fully saturated rings. The molecule has 0 aliphatic carbocycles. The second-order valence-electron chi connectivity index (χ2n) is 4.70. The zero-order chi connectivity index (χ0) is 13.7. The van der Waals surface area contributed by atoms with Crippen molar-refractivity contribution in [1.82, 2.24) is 20.8 Å². The minimum Gasteiger partial charge on any atom is -0.359 e. The fourth-order valence-corrected chi connectivity index (χ4v) is 2.44. The summed E-state index contributed by atoms with van der Waals surface area (Å²) in [6.07, 6.45) is 2.27. The van der Waals surface area contributed by atoms with Crippen molar-refractivity contribution in [1.29, 1.82) is 0 Å². The van der Waals surface area contributed by atoms with Crippen molar-refractivity contribution in [2.75, 3.05) is 19.6 Å². The fraction of sp³-hybridized carbons (Fsp3) is 0.667. The lowest BCUT2D eigenvalue weighted by Crippen LogP contribution is -2.42. The Balaban J connectivity index is 1.97. The molecule has 0 aromatic carbocycles. The van der Waals surface area contributed by atoms with Crippen LogP contribution in [0.4, 0.5) is 0 Å². The van der Waals surface area contributed by atoms with E-state index in [9.17, 15) is 4.79 Å². The van der Waals surface area contributed by atoms with Crippen LogP contribution < -0.4 is 16.6 Å². The van der Waals surface area contributed by atoms with E-state index in [0.29, 0.717) is 18.3 Å². The van der Waals surface area contributed by atoms with Crippen LogP contribution in [-0.2, 0) is 6.54 Å². The molecular formula is C12H21N5O2. The molecule has 1 aromatic heterocycles. The van der Waals surface area contributed by atoms with Gasteiger partial charge >= 0.3 is 0 Å². The molecule has 0 saturated carbocycles. The van der Waals surface area contributed by atoms with Crippen LogP contribution >= 0.6 is 0 Å². The molecule has 0 spiro atoms. The fourth-order valence-electron chi connectivity index (χ4n) is 2.44. The number of nitrogen functional groups attached to an aromatic ring is 1. The maximum Gasteiger partial charge on any atom is 0.287 e. The van der Waals surface area contributed by atoms with Gasteiger partial charge in [0.2, 0.25) is 0 Å². The molecule has 0 atom stereocenters. The largest absolute Gasteiger partial charge is 0.359 e. The second-order valence-corrected chi connectivity index (χ2v) is 4.70. The molecule has 0 bridgehead atoms. The smallest absolute Gasteiger partial charge is 0.287 e. The molecule has 7 heteroatoms. The van der Waals surface area contributed by atoms with Crippen LogP contribution in [0.25, 0.3) is 0 Å². The number of nitrogens with one attached hydrogen (secondary N) is 2. The zero-order valence-electron chi connectivity index (χ0n) is 11.2. The van der Waals surface area contributed by atoms with Crippen LogP contribution in [-0.4, -0.2) is 41.6 Å². The van der Waals surface area contributed by atoms with Crippen LogP contribution in [0.1, 0.15) is 36.0 Å². The molecule has 1 aliphatic rings. The number of nitrogens with two attached hydrogens (primary N) is 1. The third-order valence-corrected chi connectivity index (χ3v) is 3.51. The second kappa shape index (κ2) is 6.65. The van der Waals surface area contributed by atoms with Crippen LogP contribution in [0, 0.1) is 0 Å². The lowest BCUT2D eigenvalue weighted by molar-refractivity contribution is 0.0944.